The first-order valence-corrected chi connectivity index (χ1v) is 7.57. The Morgan fingerprint density at radius 1 is 1.47 bits per heavy atom. The summed E-state index contributed by atoms with van der Waals surface area (Å²) in [6, 6.07) is 0. The fourth-order valence-electron chi connectivity index (χ4n) is 3.10. The number of carbonyl (C=O) groups excluding carboxylic acids is 1. The van der Waals surface area contributed by atoms with Crippen molar-refractivity contribution in [3.05, 3.63) is 11.1 Å². The fourth-order valence-corrected chi connectivity index (χ4v) is 3.79. The molecule has 4 nitrogen and oxygen atoms in total. The Balaban J connectivity index is 1.59. The smallest absolute Gasteiger partial charge is 0.229 e. The molecular weight excluding hydrogens is 258 g/mol. The summed E-state index contributed by atoms with van der Waals surface area (Å²) in [5.41, 5.74) is 5.32. The number of nitrogens with zero attached hydrogens (tertiary/aromatic N) is 1. The second-order valence-electron chi connectivity index (χ2n) is 5.16. The van der Waals surface area contributed by atoms with Gasteiger partial charge >= 0.3 is 0 Å². The van der Waals surface area contributed by atoms with Crippen LogP contribution >= 0.6 is 11.3 Å². The summed E-state index contributed by atoms with van der Waals surface area (Å²) in [4.78, 5) is 17.2. The van der Waals surface area contributed by atoms with E-state index < -0.39 is 0 Å². The molecule has 1 aromatic rings. The van der Waals surface area contributed by atoms with Crippen molar-refractivity contribution in [1.82, 2.24) is 4.98 Å². The maximum atomic E-state index is 12.2. The van der Waals surface area contributed by atoms with Crippen molar-refractivity contribution in [2.24, 2.45) is 23.5 Å². The van der Waals surface area contributed by atoms with Gasteiger partial charge in [0, 0.05) is 5.92 Å². The molecule has 0 aromatic carbocycles. The Bertz CT molecular complexity index is 530. The minimum absolute atomic E-state index is 0.143. The van der Waals surface area contributed by atoms with E-state index in [9.17, 15) is 4.79 Å². The zero-order valence-corrected chi connectivity index (χ0v) is 11.5. The highest BCUT2D eigenvalue weighted by Gasteiger charge is 2.54. The lowest BCUT2D eigenvalue weighted by molar-refractivity contribution is -0.117. The molecule has 2 atom stereocenters. The Morgan fingerprint density at radius 3 is 2.89 bits per heavy atom. The zero-order valence-electron chi connectivity index (χ0n) is 10.7. The third kappa shape index (κ3) is 2.65. The standard InChI is InChI=1S/C14H17N3OS/c15-7-3-4-9-8-16-14(19-9)17-13(18)12-10-5-1-2-6-11(10)12/h8,10-12H,1-2,5-7,15H2,(H,16,17,18). The Morgan fingerprint density at radius 2 is 2.21 bits per heavy atom. The summed E-state index contributed by atoms with van der Waals surface area (Å²) in [6.07, 6.45) is 6.67. The average Bonchev–Trinajstić information content (AvgIpc) is 3.00. The van der Waals surface area contributed by atoms with E-state index in [0.29, 0.717) is 23.5 Å². The van der Waals surface area contributed by atoms with Crippen molar-refractivity contribution in [1.29, 1.82) is 0 Å². The van der Waals surface area contributed by atoms with E-state index in [2.05, 4.69) is 22.1 Å². The van der Waals surface area contributed by atoms with Crippen LogP contribution in [0.5, 0.6) is 0 Å². The average molecular weight is 275 g/mol. The summed E-state index contributed by atoms with van der Waals surface area (Å²) in [5.74, 6) is 7.33. The molecule has 2 saturated carbocycles. The highest BCUT2D eigenvalue weighted by molar-refractivity contribution is 7.16. The first-order valence-electron chi connectivity index (χ1n) is 6.75. The van der Waals surface area contributed by atoms with Gasteiger partial charge in [0.15, 0.2) is 5.13 Å². The molecule has 1 heterocycles. The number of hydrogen-bond donors (Lipinski definition) is 2. The molecule has 0 bridgehead atoms. The van der Waals surface area contributed by atoms with Gasteiger partial charge in [0.05, 0.1) is 17.6 Å². The van der Waals surface area contributed by atoms with Gasteiger partial charge in [-0.15, -0.1) is 0 Å². The summed E-state index contributed by atoms with van der Waals surface area (Å²) >= 11 is 1.41. The number of hydrogen-bond acceptors (Lipinski definition) is 4. The molecule has 2 unspecified atom stereocenters. The number of rotatable bonds is 2. The molecule has 2 aliphatic rings. The second kappa shape index (κ2) is 5.32. The number of nitrogens with two attached hydrogens (primary N) is 1. The van der Waals surface area contributed by atoms with Crippen molar-refractivity contribution in [3.8, 4) is 11.8 Å². The van der Waals surface area contributed by atoms with Gasteiger partial charge in [0.25, 0.3) is 0 Å². The molecule has 1 aromatic heterocycles. The number of carbonyl (C=O) groups is 1. The number of anilines is 1. The van der Waals surface area contributed by atoms with Crippen LogP contribution in [0, 0.1) is 29.6 Å². The van der Waals surface area contributed by atoms with Crippen molar-refractivity contribution in [2.75, 3.05) is 11.9 Å². The van der Waals surface area contributed by atoms with Crippen LogP contribution in [0.2, 0.25) is 0 Å². The lowest BCUT2D eigenvalue weighted by atomic mass is 10.0. The Labute approximate surface area is 116 Å². The quantitative estimate of drug-likeness (QED) is 0.809. The molecule has 100 valence electrons. The lowest BCUT2D eigenvalue weighted by Gasteiger charge is -2.04. The van der Waals surface area contributed by atoms with Crippen LogP contribution in [0.15, 0.2) is 6.20 Å². The number of amides is 1. The van der Waals surface area contributed by atoms with E-state index in [4.69, 9.17) is 5.73 Å². The molecule has 2 fully saturated rings. The van der Waals surface area contributed by atoms with E-state index in [1.807, 2.05) is 0 Å². The minimum atomic E-state index is 0.143. The largest absolute Gasteiger partial charge is 0.320 e. The van der Waals surface area contributed by atoms with E-state index >= 15 is 0 Å². The lowest BCUT2D eigenvalue weighted by Crippen LogP contribution is -2.15. The summed E-state index contributed by atoms with van der Waals surface area (Å²) in [7, 11) is 0. The van der Waals surface area contributed by atoms with Gasteiger partial charge in [-0.3, -0.25) is 4.79 Å². The Hall–Kier alpha value is -1.38. The second-order valence-corrected chi connectivity index (χ2v) is 6.19. The predicted molar refractivity (Wildman–Crippen MR) is 75.6 cm³/mol. The number of thiazole rings is 1. The van der Waals surface area contributed by atoms with Gasteiger partial charge in [-0.25, -0.2) is 4.98 Å². The SMILES string of the molecule is NCC#Cc1cnc(NC(=O)C2C3CCCCC32)s1. The molecule has 0 saturated heterocycles. The molecular formula is C14H17N3OS. The van der Waals surface area contributed by atoms with Crippen LogP contribution in [0.25, 0.3) is 0 Å². The summed E-state index contributed by atoms with van der Waals surface area (Å²) < 4.78 is 0. The van der Waals surface area contributed by atoms with Gasteiger partial charge in [-0.1, -0.05) is 36.0 Å². The highest BCUT2D eigenvalue weighted by Crippen LogP contribution is 2.55. The molecule has 0 spiro atoms. The van der Waals surface area contributed by atoms with Crippen molar-refractivity contribution in [2.45, 2.75) is 25.7 Å². The van der Waals surface area contributed by atoms with Crippen molar-refractivity contribution in [3.63, 3.8) is 0 Å². The fraction of sp³-hybridized carbons (Fsp3) is 0.571. The van der Waals surface area contributed by atoms with Crippen LogP contribution < -0.4 is 11.1 Å². The highest BCUT2D eigenvalue weighted by atomic mass is 32.1. The minimum Gasteiger partial charge on any atom is -0.320 e. The van der Waals surface area contributed by atoms with Gasteiger partial charge in [0.1, 0.15) is 0 Å². The third-order valence-corrected chi connectivity index (χ3v) is 4.84. The van der Waals surface area contributed by atoms with E-state index in [-0.39, 0.29) is 11.8 Å². The van der Waals surface area contributed by atoms with Gasteiger partial charge < -0.3 is 11.1 Å². The zero-order chi connectivity index (χ0) is 13.2. The van der Waals surface area contributed by atoms with E-state index in [1.54, 1.807) is 6.20 Å². The topological polar surface area (TPSA) is 68.0 Å². The van der Waals surface area contributed by atoms with Crippen LogP contribution in [-0.4, -0.2) is 17.4 Å². The van der Waals surface area contributed by atoms with E-state index in [0.717, 1.165) is 4.88 Å². The van der Waals surface area contributed by atoms with Crippen molar-refractivity contribution >= 4 is 22.4 Å². The first-order chi connectivity index (χ1) is 9.29. The molecule has 0 radical (unpaired) electrons. The molecule has 0 aliphatic heterocycles. The normalized spacial score (nSPS) is 27.9. The number of nitrogens with one attached hydrogen (secondary N) is 1. The van der Waals surface area contributed by atoms with Crippen LogP contribution in [0.1, 0.15) is 30.6 Å². The summed E-state index contributed by atoms with van der Waals surface area (Å²) in [6.45, 7) is 0.338. The third-order valence-electron chi connectivity index (χ3n) is 4.01. The molecule has 19 heavy (non-hydrogen) atoms. The maximum Gasteiger partial charge on any atom is 0.229 e. The summed E-state index contributed by atoms with van der Waals surface area (Å²) in [5, 5.41) is 3.57. The maximum absolute atomic E-state index is 12.2. The van der Waals surface area contributed by atoms with Gasteiger partial charge in [0.2, 0.25) is 5.91 Å². The van der Waals surface area contributed by atoms with Crippen LogP contribution in [0.4, 0.5) is 5.13 Å². The monoisotopic (exact) mass is 275 g/mol. The van der Waals surface area contributed by atoms with Gasteiger partial charge in [-0.2, -0.15) is 0 Å². The van der Waals surface area contributed by atoms with Gasteiger partial charge in [-0.05, 0) is 24.7 Å². The first kappa shape index (κ1) is 12.6. The molecule has 3 N–H and O–H groups in total. The molecule has 1 amide bonds. The molecule has 3 rings (SSSR count). The van der Waals surface area contributed by atoms with Crippen LogP contribution in [0.3, 0.4) is 0 Å². The van der Waals surface area contributed by atoms with E-state index in [1.165, 1.54) is 37.0 Å². The van der Waals surface area contributed by atoms with Crippen molar-refractivity contribution < 1.29 is 4.79 Å². The predicted octanol–water partition coefficient (Wildman–Crippen LogP) is 1.83. The van der Waals surface area contributed by atoms with Crippen LogP contribution in [-0.2, 0) is 4.79 Å². The molecule has 2 aliphatic carbocycles. The number of fused-ring (bicyclic) bond motifs is 1. The number of aromatic nitrogens is 1. The molecule has 5 heteroatoms. The Kier molecular flexibility index (Phi) is 3.54.